The van der Waals surface area contributed by atoms with Crippen LogP contribution in [0.3, 0.4) is 0 Å². The molecule has 1 aromatic carbocycles. The highest BCUT2D eigenvalue weighted by Gasteiger charge is 2.06. The lowest BCUT2D eigenvalue weighted by Crippen LogP contribution is -1.98. The van der Waals surface area contributed by atoms with Gasteiger partial charge < -0.3 is 0 Å². The third-order valence-electron chi connectivity index (χ3n) is 1.64. The molecule has 0 saturated heterocycles. The van der Waals surface area contributed by atoms with Gasteiger partial charge in [0.25, 0.3) is 0 Å². The van der Waals surface area contributed by atoms with Gasteiger partial charge in [-0.25, -0.2) is 0 Å². The molecule has 0 fully saturated rings. The second-order valence-electron chi connectivity index (χ2n) is 2.64. The zero-order chi connectivity index (χ0) is 9.68. The zero-order valence-electron chi connectivity index (χ0n) is 6.87. The first-order valence-corrected chi connectivity index (χ1v) is 4.88. The van der Waals surface area contributed by atoms with Gasteiger partial charge in [0.05, 0.1) is 12.1 Å². The van der Waals surface area contributed by atoms with Gasteiger partial charge in [-0.3, -0.25) is 0 Å². The van der Waals surface area contributed by atoms with Gasteiger partial charge in [-0.15, -0.1) is 0 Å². The van der Waals surface area contributed by atoms with E-state index in [9.17, 15) is 0 Å². The fourth-order valence-electron chi connectivity index (χ4n) is 1.02. The second-order valence-corrected chi connectivity index (χ2v) is 3.89. The summed E-state index contributed by atoms with van der Waals surface area (Å²) >= 11 is 2.21. The first-order chi connectivity index (χ1) is 6.26. The summed E-state index contributed by atoms with van der Waals surface area (Å²) in [6.07, 6.45) is 0.518. The summed E-state index contributed by atoms with van der Waals surface area (Å²) in [5.74, 6) is -0.529. The number of hydrogen-bond donors (Lipinski definition) is 0. The van der Waals surface area contributed by atoms with Gasteiger partial charge in [-0.05, 0) is 40.3 Å². The summed E-state index contributed by atoms with van der Waals surface area (Å²) in [6.45, 7) is 0. The van der Waals surface area contributed by atoms with Crippen molar-refractivity contribution in [3.63, 3.8) is 0 Å². The Morgan fingerprint density at radius 3 is 2.54 bits per heavy atom. The van der Waals surface area contributed by atoms with E-state index in [-0.39, 0.29) is 0 Å². The maximum Gasteiger partial charge on any atom is 0.137 e. The standard InChI is InChI=1S/C10H7IN2/c11-10-3-1-2-8(5-10)4-9(6-12)7-13/h1-3,5,9H,4H2. The van der Waals surface area contributed by atoms with E-state index >= 15 is 0 Å². The maximum absolute atomic E-state index is 8.58. The van der Waals surface area contributed by atoms with Crippen LogP contribution in [-0.4, -0.2) is 0 Å². The molecule has 0 amide bonds. The SMILES string of the molecule is N#CC(C#N)Cc1cccc(I)c1. The molecule has 1 rings (SSSR count). The molecule has 0 aliphatic heterocycles. The third-order valence-corrected chi connectivity index (χ3v) is 2.31. The van der Waals surface area contributed by atoms with Gasteiger partial charge in [0.2, 0.25) is 0 Å². The Bertz CT molecular complexity index is 359. The molecule has 0 saturated carbocycles. The molecule has 0 aliphatic rings. The third kappa shape index (κ3) is 3.04. The second kappa shape index (κ2) is 4.84. The highest BCUT2D eigenvalue weighted by molar-refractivity contribution is 14.1. The zero-order valence-corrected chi connectivity index (χ0v) is 9.02. The Morgan fingerprint density at radius 1 is 1.31 bits per heavy atom. The molecular weight excluding hydrogens is 275 g/mol. The number of halogens is 1. The fourth-order valence-corrected chi connectivity index (χ4v) is 1.63. The largest absolute Gasteiger partial charge is 0.197 e. The van der Waals surface area contributed by atoms with E-state index < -0.39 is 5.92 Å². The van der Waals surface area contributed by atoms with Gasteiger partial charge in [-0.1, -0.05) is 12.1 Å². The first-order valence-electron chi connectivity index (χ1n) is 3.80. The Hall–Kier alpha value is -1.07. The molecule has 0 N–H and O–H groups in total. The summed E-state index contributed by atoms with van der Waals surface area (Å²) in [6, 6.07) is 11.8. The molecule has 0 bridgehead atoms. The highest BCUT2D eigenvalue weighted by atomic mass is 127. The van der Waals surface area contributed by atoms with E-state index in [0.717, 1.165) is 9.13 Å². The lowest BCUT2D eigenvalue weighted by atomic mass is 10.0. The molecule has 0 atom stereocenters. The van der Waals surface area contributed by atoms with Crippen molar-refractivity contribution in [2.75, 3.05) is 0 Å². The van der Waals surface area contributed by atoms with E-state index in [1.54, 1.807) is 0 Å². The fraction of sp³-hybridized carbons (Fsp3) is 0.200. The molecule has 0 heterocycles. The van der Waals surface area contributed by atoms with Gasteiger partial charge in [-0.2, -0.15) is 10.5 Å². The van der Waals surface area contributed by atoms with E-state index in [4.69, 9.17) is 10.5 Å². The minimum Gasteiger partial charge on any atom is -0.197 e. The Labute approximate surface area is 90.9 Å². The summed E-state index contributed by atoms with van der Waals surface area (Å²) < 4.78 is 1.13. The Morgan fingerprint density at radius 2 is 2.00 bits per heavy atom. The topological polar surface area (TPSA) is 47.6 Å². The minimum absolute atomic E-state index is 0.518. The maximum atomic E-state index is 8.58. The predicted octanol–water partition coefficient (Wildman–Crippen LogP) is 2.50. The van der Waals surface area contributed by atoms with Crippen LogP contribution < -0.4 is 0 Å². The molecule has 3 heteroatoms. The van der Waals surface area contributed by atoms with Crippen molar-refractivity contribution >= 4 is 22.6 Å². The Balaban J connectivity index is 2.76. The summed E-state index contributed by atoms with van der Waals surface area (Å²) in [4.78, 5) is 0. The van der Waals surface area contributed by atoms with Crippen LogP contribution in [0, 0.1) is 32.2 Å². The summed E-state index contributed by atoms with van der Waals surface area (Å²) in [5.41, 5.74) is 1.04. The van der Waals surface area contributed by atoms with Crippen molar-refractivity contribution in [3.8, 4) is 12.1 Å². The Kier molecular flexibility index (Phi) is 3.72. The summed E-state index contributed by atoms with van der Waals surface area (Å²) in [7, 11) is 0. The molecule has 2 nitrogen and oxygen atoms in total. The molecule has 0 spiro atoms. The normalized spacial score (nSPS) is 9.23. The molecular formula is C10H7IN2. The van der Waals surface area contributed by atoms with E-state index in [0.29, 0.717) is 6.42 Å². The van der Waals surface area contributed by atoms with Crippen molar-refractivity contribution in [1.29, 1.82) is 10.5 Å². The van der Waals surface area contributed by atoms with E-state index in [1.165, 1.54) is 0 Å². The lowest BCUT2D eigenvalue weighted by Gasteiger charge is -2.00. The number of rotatable bonds is 2. The van der Waals surface area contributed by atoms with Crippen molar-refractivity contribution in [3.05, 3.63) is 33.4 Å². The lowest BCUT2D eigenvalue weighted by molar-refractivity contribution is 0.833. The highest BCUT2D eigenvalue weighted by Crippen LogP contribution is 2.11. The van der Waals surface area contributed by atoms with Crippen LogP contribution in [0.15, 0.2) is 24.3 Å². The van der Waals surface area contributed by atoms with Crippen molar-refractivity contribution in [1.82, 2.24) is 0 Å². The smallest absolute Gasteiger partial charge is 0.137 e. The molecule has 0 unspecified atom stereocenters. The molecule has 13 heavy (non-hydrogen) atoms. The van der Waals surface area contributed by atoms with E-state index in [1.807, 2.05) is 36.4 Å². The average Bonchev–Trinajstić information content (AvgIpc) is 2.14. The number of nitrogens with zero attached hydrogens (tertiary/aromatic N) is 2. The molecule has 64 valence electrons. The summed E-state index contributed by atoms with van der Waals surface area (Å²) in [5, 5.41) is 17.2. The van der Waals surface area contributed by atoms with Crippen molar-refractivity contribution < 1.29 is 0 Å². The van der Waals surface area contributed by atoms with Crippen LogP contribution in [-0.2, 0) is 6.42 Å². The van der Waals surface area contributed by atoms with Gasteiger partial charge in [0, 0.05) is 9.99 Å². The molecule has 0 aliphatic carbocycles. The molecule has 0 aromatic heterocycles. The van der Waals surface area contributed by atoms with Gasteiger partial charge in [0.1, 0.15) is 5.92 Å². The van der Waals surface area contributed by atoms with Gasteiger partial charge in [0.15, 0.2) is 0 Å². The van der Waals surface area contributed by atoms with Crippen LogP contribution in [0.5, 0.6) is 0 Å². The predicted molar refractivity (Wildman–Crippen MR) is 57.6 cm³/mol. The van der Waals surface area contributed by atoms with Crippen LogP contribution >= 0.6 is 22.6 Å². The quantitative estimate of drug-likeness (QED) is 0.782. The van der Waals surface area contributed by atoms with Crippen molar-refractivity contribution in [2.24, 2.45) is 5.92 Å². The molecule has 0 radical (unpaired) electrons. The number of nitriles is 2. The van der Waals surface area contributed by atoms with Crippen LogP contribution in [0.1, 0.15) is 5.56 Å². The van der Waals surface area contributed by atoms with E-state index in [2.05, 4.69) is 22.6 Å². The van der Waals surface area contributed by atoms with Crippen LogP contribution in [0.2, 0.25) is 0 Å². The van der Waals surface area contributed by atoms with Gasteiger partial charge >= 0.3 is 0 Å². The van der Waals surface area contributed by atoms with Crippen LogP contribution in [0.25, 0.3) is 0 Å². The van der Waals surface area contributed by atoms with Crippen LogP contribution in [0.4, 0.5) is 0 Å². The van der Waals surface area contributed by atoms with Crippen molar-refractivity contribution in [2.45, 2.75) is 6.42 Å². The minimum atomic E-state index is -0.529. The number of hydrogen-bond acceptors (Lipinski definition) is 2. The number of benzene rings is 1. The first kappa shape index (κ1) is 10.0. The monoisotopic (exact) mass is 282 g/mol. The average molecular weight is 282 g/mol. The molecule has 1 aromatic rings.